The van der Waals surface area contributed by atoms with Crippen molar-refractivity contribution >= 4 is 23.1 Å². The summed E-state index contributed by atoms with van der Waals surface area (Å²) >= 11 is 0. The van der Waals surface area contributed by atoms with Crippen molar-refractivity contribution in [2.24, 2.45) is 5.10 Å². The van der Waals surface area contributed by atoms with Gasteiger partial charge in [0.1, 0.15) is 5.69 Å². The quantitative estimate of drug-likeness (QED) is 0.602. The van der Waals surface area contributed by atoms with Gasteiger partial charge in [-0.15, -0.1) is 0 Å². The van der Waals surface area contributed by atoms with Crippen molar-refractivity contribution in [2.75, 3.05) is 19.8 Å². The molecule has 16 heavy (non-hydrogen) atoms. The Balaban J connectivity index is 2.50. The number of para-hydroxylation sites is 2. The fraction of sp³-hybridized carbons (Fsp3) is 0.182. The molecule has 1 heterocycles. The first kappa shape index (κ1) is 10.4. The second kappa shape index (κ2) is 4.14. The standard InChI is InChI=1S/C11H13N5/c1-16(2)13-7-10-11(12)15-9-6-4-3-5-8(9)14-10/h3-7H,1-2H3,(H2,12,15)/b13-7+. The van der Waals surface area contributed by atoms with E-state index in [1.54, 1.807) is 11.2 Å². The summed E-state index contributed by atoms with van der Waals surface area (Å²) in [6, 6.07) is 7.60. The maximum Gasteiger partial charge on any atom is 0.151 e. The molecule has 0 spiro atoms. The van der Waals surface area contributed by atoms with E-state index in [0.717, 1.165) is 11.0 Å². The number of nitrogens with two attached hydrogens (primary N) is 1. The van der Waals surface area contributed by atoms with Crippen LogP contribution < -0.4 is 5.73 Å². The SMILES string of the molecule is CN(C)/N=C/c1nc2ccccc2nc1N. The number of fused-ring (bicyclic) bond motifs is 1. The van der Waals surface area contributed by atoms with Gasteiger partial charge in [-0.3, -0.25) is 0 Å². The molecule has 2 rings (SSSR count). The third-order valence-corrected chi connectivity index (χ3v) is 2.04. The number of aromatic nitrogens is 2. The molecular weight excluding hydrogens is 202 g/mol. The number of hydrogen-bond donors (Lipinski definition) is 1. The molecule has 1 aromatic heterocycles. The maximum atomic E-state index is 5.79. The molecule has 0 fully saturated rings. The molecule has 0 unspecified atom stereocenters. The van der Waals surface area contributed by atoms with Crippen molar-refractivity contribution < 1.29 is 0 Å². The molecule has 82 valence electrons. The zero-order valence-electron chi connectivity index (χ0n) is 9.25. The van der Waals surface area contributed by atoms with E-state index >= 15 is 0 Å². The van der Waals surface area contributed by atoms with Crippen LogP contribution in [0.25, 0.3) is 11.0 Å². The van der Waals surface area contributed by atoms with Gasteiger partial charge in [-0.05, 0) is 12.1 Å². The number of anilines is 1. The van der Waals surface area contributed by atoms with Crippen molar-refractivity contribution in [3.63, 3.8) is 0 Å². The van der Waals surface area contributed by atoms with Crippen LogP contribution in [0.3, 0.4) is 0 Å². The summed E-state index contributed by atoms with van der Waals surface area (Å²) in [5, 5.41) is 5.77. The maximum absolute atomic E-state index is 5.79. The van der Waals surface area contributed by atoms with Crippen molar-refractivity contribution in [3.05, 3.63) is 30.0 Å². The highest BCUT2D eigenvalue weighted by molar-refractivity contribution is 5.87. The van der Waals surface area contributed by atoms with Gasteiger partial charge in [0.15, 0.2) is 5.82 Å². The fourth-order valence-corrected chi connectivity index (χ4v) is 1.29. The Morgan fingerprint density at radius 1 is 1.19 bits per heavy atom. The summed E-state index contributed by atoms with van der Waals surface area (Å²) in [4.78, 5) is 8.64. The van der Waals surface area contributed by atoms with E-state index in [1.165, 1.54) is 0 Å². The predicted octanol–water partition coefficient (Wildman–Crippen LogP) is 1.11. The molecule has 0 amide bonds. The Bertz CT molecular complexity index is 533. The van der Waals surface area contributed by atoms with Gasteiger partial charge in [0, 0.05) is 14.1 Å². The average molecular weight is 215 g/mol. The summed E-state index contributed by atoms with van der Waals surface area (Å²) in [7, 11) is 3.67. The van der Waals surface area contributed by atoms with E-state index in [0.29, 0.717) is 11.5 Å². The van der Waals surface area contributed by atoms with E-state index in [-0.39, 0.29) is 0 Å². The first-order valence-electron chi connectivity index (χ1n) is 4.90. The second-order valence-electron chi connectivity index (χ2n) is 3.57. The number of benzene rings is 1. The van der Waals surface area contributed by atoms with Crippen LogP contribution in [0.2, 0.25) is 0 Å². The van der Waals surface area contributed by atoms with Crippen LogP contribution in [-0.2, 0) is 0 Å². The van der Waals surface area contributed by atoms with Crippen LogP contribution in [0, 0.1) is 0 Å². The van der Waals surface area contributed by atoms with E-state index in [2.05, 4.69) is 15.1 Å². The Morgan fingerprint density at radius 2 is 1.81 bits per heavy atom. The topological polar surface area (TPSA) is 67.4 Å². The largest absolute Gasteiger partial charge is 0.382 e. The molecule has 5 nitrogen and oxygen atoms in total. The molecule has 5 heteroatoms. The van der Waals surface area contributed by atoms with Gasteiger partial charge in [0.25, 0.3) is 0 Å². The molecular formula is C11H13N5. The Morgan fingerprint density at radius 3 is 2.44 bits per heavy atom. The zero-order valence-corrected chi connectivity index (χ0v) is 9.25. The molecule has 0 aliphatic heterocycles. The lowest BCUT2D eigenvalue weighted by atomic mass is 10.3. The third kappa shape index (κ3) is 2.08. The van der Waals surface area contributed by atoms with Crippen molar-refractivity contribution in [1.29, 1.82) is 0 Å². The van der Waals surface area contributed by atoms with Crippen LogP contribution in [0.1, 0.15) is 5.69 Å². The minimum atomic E-state index is 0.393. The van der Waals surface area contributed by atoms with Gasteiger partial charge in [-0.2, -0.15) is 5.10 Å². The van der Waals surface area contributed by atoms with Crippen LogP contribution in [0.5, 0.6) is 0 Å². The number of rotatable bonds is 2. The normalized spacial score (nSPS) is 11.1. The first-order valence-corrected chi connectivity index (χ1v) is 4.90. The van der Waals surface area contributed by atoms with Crippen LogP contribution in [0.15, 0.2) is 29.4 Å². The number of hydrogen-bond acceptors (Lipinski definition) is 5. The summed E-state index contributed by atoms with van der Waals surface area (Å²) in [5.74, 6) is 0.393. The second-order valence-corrected chi connectivity index (χ2v) is 3.57. The van der Waals surface area contributed by atoms with Gasteiger partial charge < -0.3 is 10.7 Å². The van der Waals surface area contributed by atoms with Gasteiger partial charge in [0.2, 0.25) is 0 Å². The Kier molecular flexibility index (Phi) is 2.68. The minimum absolute atomic E-state index is 0.393. The fourth-order valence-electron chi connectivity index (χ4n) is 1.29. The molecule has 2 aromatic rings. The van der Waals surface area contributed by atoms with Gasteiger partial charge in [-0.1, -0.05) is 12.1 Å². The number of hydrazone groups is 1. The summed E-state index contributed by atoms with van der Waals surface area (Å²) in [5.41, 5.74) is 7.99. The summed E-state index contributed by atoms with van der Waals surface area (Å²) in [6.45, 7) is 0. The molecule has 0 bridgehead atoms. The zero-order chi connectivity index (χ0) is 11.5. The molecule has 0 saturated carbocycles. The van der Waals surface area contributed by atoms with E-state index in [4.69, 9.17) is 5.73 Å². The average Bonchev–Trinajstić information content (AvgIpc) is 2.26. The smallest absolute Gasteiger partial charge is 0.151 e. The molecule has 0 radical (unpaired) electrons. The highest BCUT2D eigenvalue weighted by Crippen LogP contribution is 2.12. The summed E-state index contributed by atoms with van der Waals surface area (Å²) < 4.78 is 0. The van der Waals surface area contributed by atoms with Gasteiger partial charge in [-0.25, -0.2) is 9.97 Å². The van der Waals surface area contributed by atoms with Gasteiger partial charge in [0.05, 0.1) is 17.2 Å². The lowest BCUT2D eigenvalue weighted by Gasteiger charge is -2.04. The van der Waals surface area contributed by atoms with E-state index < -0.39 is 0 Å². The van der Waals surface area contributed by atoms with Crippen LogP contribution in [-0.4, -0.2) is 35.3 Å². The molecule has 0 aliphatic rings. The highest BCUT2D eigenvalue weighted by Gasteiger charge is 2.02. The Hall–Kier alpha value is -2.17. The third-order valence-electron chi connectivity index (χ3n) is 2.04. The molecule has 0 atom stereocenters. The highest BCUT2D eigenvalue weighted by atomic mass is 15.4. The monoisotopic (exact) mass is 215 g/mol. The molecule has 1 aromatic carbocycles. The number of nitrogen functional groups attached to an aromatic ring is 1. The van der Waals surface area contributed by atoms with Gasteiger partial charge >= 0.3 is 0 Å². The first-order chi connectivity index (χ1) is 7.66. The molecule has 2 N–H and O–H groups in total. The van der Waals surface area contributed by atoms with Crippen LogP contribution >= 0.6 is 0 Å². The Labute approximate surface area is 93.6 Å². The number of nitrogens with zero attached hydrogens (tertiary/aromatic N) is 4. The lowest BCUT2D eigenvalue weighted by molar-refractivity contribution is 0.440. The summed E-state index contributed by atoms with van der Waals surface area (Å²) in [6.07, 6.45) is 1.61. The molecule has 0 aliphatic carbocycles. The van der Waals surface area contributed by atoms with E-state index in [1.807, 2.05) is 38.4 Å². The van der Waals surface area contributed by atoms with Crippen molar-refractivity contribution in [3.8, 4) is 0 Å². The lowest BCUT2D eigenvalue weighted by Crippen LogP contribution is -2.05. The van der Waals surface area contributed by atoms with Crippen LogP contribution in [0.4, 0.5) is 5.82 Å². The minimum Gasteiger partial charge on any atom is -0.382 e. The predicted molar refractivity (Wildman–Crippen MR) is 65.2 cm³/mol. The van der Waals surface area contributed by atoms with Crippen molar-refractivity contribution in [2.45, 2.75) is 0 Å². The molecule has 0 saturated heterocycles. The van der Waals surface area contributed by atoms with Crippen molar-refractivity contribution in [1.82, 2.24) is 15.0 Å². The van der Waals surface area contributed by atoms with E-state index in [9.17, 15) is 0 Å².